The number of hydrogen-bond acceptors (Lipinski definition) is 7. The van der Waals surface area contributed by atoms with Gasteiger partial charge < -0.3 is 35.9 Å². The molecule has 4 fully saturated rings. The van der Waals surface area contributed by atoms with Gasteiger partial charge in [-0.2, -0.15) is 0 Å². The highest BCUT2D eigenvalue weighted by atomic mass is 16.5. The summed E-state index contributed by atoms with van der Waals surface area (Å²) in [6.07, 6.45) is 15.7. The maximum Gasteiger partial charge on any atom is 0.293 e. The zero-order valence-corrected chi connectivity index (χ0v) is 25.3. The van der Waals surface area contributed by atoms with Crippen LogP contribution in [0.25, 0.3) is 0 Å². The molecule has 232 valence electrons. The Morgan fingerprint density at radius 2 is 2.05 bits per heavy atom. The molecule has 6 aliphatic rings. The Balaban J connectivity index is 1.39. The van der Waals surface area contributed by atoms with Gasteiger partial charge in [0.15, 0.2) is 0 Å². The molecule has 9 heteroatoms. The molecule has 1 saturated heterocycles. The summed E-state index contributed by atoms with van der Waals surface area (Å²) in [5, 5.41) is 38.5. The summed E-state index contributed by atoms with van der Waals surface area (Å²) >= 11 is 0. The quantitative estimate of drug-likeness (QED) is 0.153. The number of carboxylic acid groups (broad SMARTS) is 1. The summed E-state index contributed by atoms with van der Waals surface area (Å²) in [6, 6.07) is 0. The van der Waals surface area contributed by atoms with Crippen molar-refractivity contribution in [1.29, 1.82) is 0 Å². The predicted octanol–water partition coefficient (Wildman–Crippen LogP) is -0.0510. The third kappa shape index (κ3) is 4.45. The van der Waals surface area contributed by atoms with Crippen LogP contribution in [0.5, 0.6) is 0 Å². The fraction of sp³-hybridized carbons (Fsp3) is 0.758. The Bertz CT molecular complexity index is 1180. The van der Waals surface area contributed by atoms with Crippen molar-refractivity contribution >= 4 is 11.9 Å². The molecular formula is C33H50N4O5. The van der Waals surface area contributed by atoms with Crippen LogP contribution >= 0.6 is 0 Å². The summed E-state index contributed by atoms with van der Waals surface area (Å²) in [5.74, 6) is 0.766. The first-order valence-electron chi connectivity index (χ1n) is 16.2. The lowest BCUT2D eigenvalue weighted by Gasteiger charge is -2.60. The van der Waals surface area contributed by atoms with Crippen molar-refractivity contribution in [2.75, 3.05) is 46.4 Å². The van der Waals surface area contributed by atoms with Crippen LogP contribution in [0.1, 0.15) is 58.3 Å². The molecule has 5 aliphatic carbocycles. The van der Waals surface area contributed by atoms with E-state index in [1.807, 2.05) is 0 Å². The molecule has 42 heavy (non-hydrogen) atoms. The van der Waals surface area contributed by atoms with Crippen LogP contribution in [0.4, 0.5) is 0 Å². The highest BCUT2D eigenvalue weighted by molar-refractivity contribution is 5.90. The summed E-state index contributed by atoms with van der Waals surface area (Å²) in [6.45, 7) is 5.20. The largest absolute Gasteiger partial charge is 0.545 e. The minimum Gasteiger partial charge on any atom is -0.545 e. The lowest BCUT2D eigenvalue weighted by Crippen LogP contribution is -3.19. The van der Waals surface area contributed by atoms with Gasteiger partial charge in [0.05, 0.1) is 38.4 Å². The third-order valence-electron chi connectivity index (χ3n) is 12.5. The summed E-state index contributed by atoms with van der Waals surface area (Å²) in [5.41, 5.74) is 5.11. The number of aliphatic hydroxyl groups is 2. The molecule has 10 unspecified atom stereocenters. The van der Waals surface area contributed by atoms with E-state index in [1.165, 1.54) is 0 Å². The smallest absolute Gasteiger partial charge is 0.293 e. The van der Waals surface area contributed by atoms with Crippen molar-refractivity contribution in [3.8, 4) is 0 Å². The number of nitrogens with two attached hydrogens (primary N) is 1. The van der Waals surface area contributed by atoms with Gasteiger partial charge in [-0.15, -0.1) is 0 Å². The first-order valence-corrected chi connectivity index (χ1v) is 16.2. The monoisotopic (exact) mass is 582 g/mol. The van der Waals surface area contributed by atoms with Gasteiger partial charge >= 0.3 is 0 Å². The van der Waals surface area contributed by atoms with Crippen LogP contribution in [0.15, 0.2) is 40.4 Å². The topological polar surface area (TPSA) is 145 Å². The van der Waals surface area contributed by atoms with Crippen molar-refractivity contribution in [3.05, 3.63) is 35.5 Å². The third-order valence-corrected chi connectivity index (χ3v) is 12.5. The van der Waals surface area contributed by atoms with Crippen molar-refractivity contribution in [1.82, 2.24) is 5.32 Å². The Hall–Kier alpha value is -2.04. The number of aliphatic imine (C=N–C) groups is 1. The molecule has 0 radical (unpaired) electrons. The molecule has 1 heterocycles. The second kappa shape index (κ2) is 11.5. The Kier molecular flexibility index (Phi) is 8.19. The number of rotatable bonds is 8. The lowest BCUT2D eigenvalue weighted by molar-refractivity contribution is -0.828. The van der Waals surface area contributed by atoms with E-state index in [9.17, 15) is 20.1 Å². The Morgan fingerprint density at radius 1 is 1.24 bits per heavy atom. The van der Waals surface area contributed by atoms with E-state index in [0.29, 0.717) is 37.2 Å². The van der Waals surface area contributed by atoms with E-state index in [1.54, 1.807) is 7.05 Å². The normalized spacial score (nSPS) is 44.5. The molecule has 3 saturated carbocycles. The van der Waals surface area contributed by atoms with Gasteiger partial charge in [-0.25, -0.2) is 4.99 Å². The number of likely N-dealkylation sites (tertiary alicyclic amines) is 1. The highest BCUT2D eigenvalue weighted by Gasteiger charge is 2.75. The van der Waals surface area contributed by atoms with E-state index in [4.69, 9.17) is 10.5 Å². The van der Waals surface area contributed by atoms with Crippen LogP contribution in [-0.2, 0) is 9.53 Å². The molecule has 2 bridgehead atoms. The zero-order chi connectivity index (χ0) is 29.7. The number of aliphatic carboxylic acids is 1. The Labute approximate surface area is 250 Å². The number of piperidine rings is 1. The Morgan fingerprint density at radius 3 is 2.81 bits per heavy atom. The summed E-state index contributed by atoms with van der Waals surface area (Å²) in [7, 11) is 1.73. The average Bonchev–Trinajstić information content (AvgIpc) is 3.34. The average molecular weight is 583 g/mol. The fourth-order valence-electron chi connectivity index (χ4n) is 10.9. The number of quaternary nitrogens is 1. The molecule has 10 atom stereocenters. The number of carbonyl (C=O) groups is 1. The number of ether oxygens (including phenoxy) is 1. The summed E-state index contributed by atoms with van der Waals surface area (Å²) in [4.78, 5) is 18.5. The molecular weight excluding hydrogens is 532 g/mol. The number of carboxylic acids is 1. The zero-order valence-electron chi connectivity index (χ0n) is 25.3. The van der Waals surface area contributed by atoms with Gasteiger partial charge in [-0.05, 0) is 68.7 Å². The van der Waals surface area contributed by atoms with Gasteiger partial charge in [-0.1, -0.05) is 43.2 Å². The van der Waals surface area contributed by atoms with Crippen LogP contribution in [-0.4, -0.2) is 80.3 Å². The minimum absolute atomic E-state index is 0.0248. The first-order chi connectivity index (χ1) is 20.2. The number of carbonyl (C=O) groups excluding carboxylic acids is 1. The van der Waals surface area contributed by atoms with Crippen molar-refractivity contribution < 1.29 is 29.8 Å². The van der Waals surface area contributed by atoms with Crippen LogP contribution < -0.4 is 21.1 Å². The van der Waals surface area contributed by atoms with Crippen molar-refractivity contribution in [2.45, 2.75) is 70.0 Å². The van der Waals surface area contributed by atoms with E-state index >= 15 is 0 Å². The van der Waals surface area contributed by atoms with Gasteiger partial charge in [0, 0.05) is 42.3 Å². The van der Waals surface area contributed by atoms with Gasteiger partial charge in [0.25, 0.3) is 5.96 Å². The lowest BCUT2D eigenvalue weighted by atomic mass is 9.45. The van der Waals surface area contributed by atoms with Crippen molar-refractivity contribution in [3.63, 3.8) is 0 Å². The maximum atomic E-state index is 13.0. The molecule has 6 N–H and O–H groups in total. The van der Waals surface area contributed by atoms with Crippen LogP contribution in [0.3, 0.4) is 0 Å². The number of guanidine groups is 1. The standard InChI is InChI=1S/C33H50N4O5/c1-21-10-11-23-16-26-28(29(39)40)31(41,20-42-27-9-5-7-22-6-3-4-8-25(22)27)18-32(21,26)33(23)19-37(30(34)35-2)14-12-24(33)17-36-13-15-38/h3-4,6,8,21-25,27,36,38,41H,5,7,9-20H2,1-2H3,(H2,34,35)(H,39,40). The molecule has 0 amide bonds. The fourth-order valence-corrected chi connectivity index (χ4v) is 10.9. The van der Waals surface area contributed by atoms with Gasteiger partial charge in [-0.3, -0.25) is 4.90 Å². The molecule has 0 aromatic rings. The maximum absolute atomic E-state index is 13.0. The number of nitrogens with one attached hydrogen (secondary N) is 2. The van der Waals surface area contributed by atoms with E-state index in [0.717, 1.165) is 68.6 Å². The van der Waals surface area contributed by atoms with Crippen molar-refractivity contribution in [2.24, 2.45) is 51.1 Å². The number of fused-ring (bicyclic) bond motifs is 1. The molecule has 1 aliphatic heterocycles. The number of hydrogen-bond donors (Lipinski definition) is 5. The minimum atomic E-state index is -1.61. The van der Waals surface area contributed by atoms with E-state index in [2.05, 4.69) is 41.5 Å². The first kappa shape index (κ1) is 30.0. The molecule has 9 nitrogen and oxygen atoms in total. The number of nitrogens with zero attached hydrogens (tertiary/aromatic N) is 1. The second-order valence-electron chi connectivity index (χ2n) is 14.1. The predicted molar refractivity (Wildman–Crippen MR) is 158 cm³/mol. The number of allylic oxidation sites excluding steroid dienone is 4. The SMILES string of the molecule is CN=C(N)[NH+]1CCC(CNCCO)C2(C1)C1CCC(C)C23CC(O)(COC2CCCC4C=CC=CC42)C(C(=O)[O-])=C3C1. The molecule has 2 spiro atoms. The second-order valence-corrected chi connectivity index (χ2v) is 14.1. The van der Waals surface area contributed by atoms with Crippen LogP contribution in [0, 0.1) is 40.4 Å². The highest BCUT2D eigenvalue weighted by Crippen LogP contribution is 2.76. The summed E-state index contributed by atoms with van der Waals surface area (Å²) < 4.78 is 6.57. The van der Waals surface area contributed by atoms with Gasteiger partial charge in [0.2, 0.25) is 0 Å². The van der Waals surface area contributed by atoms with E-state index < -0.39 is 17.0 Å². The van der Waals surface area contributed by atoms with Gasteiger partial charge in [0.1, 0.15) is 5.60 Å². The van der Waals surface area contributed by atoms with E-state index in [-0.39, 0.29) is 48.1 Å². The molecule has 0 aromatic heterocycles. The van der Waals surface area contributed by atoms with Crippen LogP contribution in [0.2, 0.25) is 0 Å². The number of aliphatic hydroxyl groups excluding tert-OH is 1. The molecule has 6 rings (SSSR count). The molecule has 0 aromatic carbocycles.